The van der Waals surface area contributed by atoms with Crippen LogP contribution in [0.25, 0.3) is 0 Å². The van der Waals surface area contributed by atoms with E-state index < -0.39 is 6.10 Å². The number of benzene rings is 1. The predicted molar refractivity (Wildman–Crippen MR) is 77.5 cm³/mol. The number of ether oxygens (including phenoxy) is 1. The molecule has 4 nitrogen and oxygen atoms in total. The zero-order chi connectivity index (χ0) is 14.4. The van der Waals surface area contributed by atoms with Crippen molar-refractivity contribution in [3.63, 3.8) is 0 Å². The molecule has 5 rings (SSSR count). The summed E-state index contributed by atoms with van der Waals surface area (Å²) in [6.45, 7) is 4.78. The van der Waals surface area contributed by atoms with Gasteiger partial charge in [-0.05, 0) is 42.9 Å². The summed E-state index contributed by atoms with van der Waals surface area (Å²) in [6.07, 6.45) is 2.55. The van der Waals surface area contributed by atoms with E-state index in [1.807, 2.05) is 6.07 Å². The van der Waals surface area contributed by atoms with E-state index in [2.05, 4.69) is 11.9 Å². The molecule has 2 heterocycles. The first-order valence-corrected chi connectivity index (χ1v) is 7.73. The summed E-state index contributed by atoms with van der Waals surface area (Å²) in [7, 11) is 0. The monoisotopic (exact) mass is 285 g/mol. The van der Waals surface area contributed by atoms with E-state index in [0.29, 0.717) is 23.6 Å². The molecule has 21 heavy (non-hydrogen) atoms. The van der Waals surface area contributed by atoms with Crippen LogP contribution in [0.4, 0.5) is 0 Å². The lowest BCUT2D eigenvalue weighted by Gasteiger charge is -2.57. The Morgan fingerprint density at radius 3 is 3.14 bits per heavy atom. The predicted octanol–water partition coefficient (Wildman–Crippen LogP) is 1.10. The van der Waals surface area contributed by atoms with Gasteiger partial charge in [0, 0.05) is 17.0 Å². The minimum atomic E-state index is -0.704. The van der Waals surface area contributed by atoms with Gasteiger partial charge in [0.25, 0.3) is 0 Å². The van der Waals surface area contributed by atoms with Crippen LogP contribution in [0.3, 0.4) is 0 Å². The Hall–Kier alpha value is -1.52. The van der Waals surface area contributed by atoms with Crippen LogP contribution in [0, 0.1) is 11.8 Å². The van der Waals surface area contributed by atoms with Crippen molar-refractivity contribution in [2.75, 3.05) is 6.54 Å². The fourth-order valence-corrected chi connectivity index (χ4v) is 5.57. The van der Waals surface area contributed by atoms with E-state index in [0.717, 1.165) is 24.9 Å². The summed E-state index contributed by atoms with van der Waals surface area (Å²) in [4.78, 5) is 0. The summed E-state index contributed by atoms with van der Waals surface area (Å²) >= 11 is 0. The fourth-order valence-electron chi connectivity index (χ4n) is 5.57. The number of phenolic OH excluding ortho intramolecular Hbond substituents is 1. The maximum absolute atomic E-state index is 10.4. The molecule has 2 aliphatic heterocycles. The highest BCUT2D eigenvalue weighted by Crippen LogP contribution is 2.68. The van der Waals surface area contributed by atoms with Gasteiger partial charge < -0.3 is 20.3 Å². The van der Waals surface area contributed by atoms with Crippen LogP contribution in [0.2, 0.25) is 0 Å². The molecule has 1 spiro atoms. The first-order valence-electron chi connectivity index (χ1n) is 7.73. The van der Waals surface area contributed by atoms with Crippen LogP contribution < -0.4 is 10.1 Å². The van der Waals surface area contributed by atoms with E-state index in [4.69, 9.17) is 4.74 Å². The highest BCUT2D eigenvalue weighted by molar-refractivity contribution is 5.62. The summed E-state index contributed by atoms with van der Waals surface area (Å²) in [5.41, 5.74) is 2.28. The quantitative estimate of drug-likeness (QED) is 0.712. The number of aliphatic hydroxyl groups is 1. The van der Waals surface area contributed by atoms with Crippen molar-refractivity contribution >= 4 is 0 Å². The normalized spacial score (nSPS) is 42.5. The molecular formula is C17H19NO3. The topological polar surface area (TPSA) is 61.7 Å². The Morgan fingerprint density at radius 1 is 1.48 bits per heavy atom. The minimum Gasteiger partial charge on any atom is -0.504 e. The van der Waals surface area contributed by atoms with E-state index in [-0.39, 0.29) is 17.3 Å². The lowest BCUT2D eigenvalue weighted by molar-refractivity contribution is -0.0662. The molecule has 2 unspecified atom stereocenters. The molecule has 1 saturated heterocycles. The van der Waals surface area contributed by atoms with Crippen molar-refractivity contribution in [1.29, 1.82) is 0 Å². The zero-order valence-corrected chi connectivity index (χ0v) is 11.7. The third-order valence-electron chi connectivity index (χ3n) is 6.21. The lowest BCUT2D eigenvalue weighted by atomic mass is 9.45. The first-order chi connectivity index (χ1) is 10.2. The van der Waals surface area contributed by atoms with Gasteiger partial charge in [0.1, 0.15) is 12.2 Å². The molecule has 4 heteroatoms. The van der Waals surface area contributed by atoms with Crippen LogP contribution in [0.5, 0.6) is 11.5 Å². The number of nitrogens with one attached hydrogen (secondary N) is 1. The molecular weight excluding hydrogens is 266 g/mol. The third-order valence-corrected chi connectivity index (χ3v) is 6.21. The van der Waals surface area contributed by atoms with Crippen molar-refractivity contribution < 1.29 is 14.9 Å². The number of rotatable bonds is 2. The van der Waals surface area contributed by atoms with E-state index in [1.165, 1.54) is 5.56 Å². The van der Waals surface area contributed by atoms with Crippen molar-refractivity contribution in [3.05, 3.63) is 35.9 Å². The molecule has 1 saturated carbocycles. The minimum absolute atomic E-state index is 0.145. The van der Waals surface area contributed by atoms with Crippen LogP contribution in [-0.2, 0) is 11.8 Å². The number of aromatic hydroxyl groups is 1. The lowest BCUT2D eigenvalue weighted by Crippen LogP contribution is -2.64. The smallest absolute Gasteiger partial charge is 0.165 e. The zero-order valence-electron chi connectivity index (χ0n) is 11.7. The molecule has 110 valence electrons. The second-order valence-corrected chi connectivity index (χ2v) is 6.96. The molecule has 1 aromatic carbocycles. The van der Waals surface area contributed by atoms with Gasteiger partial charge in [0.05, 0.1) is 0 Å². The summed E-state index contributed by atoms with van der Waals surface area (Å²) in [5.74, 6) is 1.97. The average molecular weight is 285 g/mol. The molecule has 4 aliphatic rings. The summed E-state index contributed by atoms with van der Waals surface area (Å²) < 4.78 is 6.06. The second kappa shape index (κ2) is 3.62. The SMILES string of the molecule is C=C[C@H](O)[C@@H]1Oc2c(O)ccc3c2[C@@]12CC1CN[C@H](C3)C12. The Kier molecular flexibility index (Phi) is 2.08. The first kappa shape index (κ1) is 12.1. The van der Waals surface area contributed by atoms with Crippen molar-refractivity contribution in [3.8, 4) is 11.5 Å². The van der Waals surface area contributed by atoms with Gasteiger partial charge in [-0.15, -0.1) is 6.58 Å². The van der Waals surface area contributed by atoms with Gasteiger partial charge in [-0.2, -0.15) is 0 Å². The van der Waals surface area contributed by atoms with Gasteiger partial charge in [-0.1, -0.05) is 12.1 Å². The van der Waals surface area contributed by atoms with E-state index >= 15 is 0 Å². The van der Waals surface area contributed by atoms with Crippen molar-refractivity contribution in [1.82, 2.24) is 5.32 Å². The number of hydrogen-bond acceptors (Lipinski definition) is 4. The highest BCUT2D eigenvalue weighted by Gasteiger charge is 2.70. The molecule has 0 amide bonds. The molecule has 0 bridgehead atoms. The molecule has 6 atom stereocenters. The summed E-state index contributed by atoms with van der Waals surface area (Å²) in [6, 6.07) is 4.21. The molecule has 0 aromatic heterocycles. The van der Waals surface area contributed by atoms with Crippen molar-refractivity contribution in [2.45, 2.75) is 36.5 Å². The third kappa shape index (κ3) is 1.17. The maximum Gasteiger partial charge on any atom is 0.165 e. The fraction of sp³-hybridized carbons (Fsp3) is 0.529. The van der Waals surface area contributed by atoms with Crippen LogP contribution in [-0.4, -0.2) is 35.0 Å². The van der Waals surface area contributed by atoms with Gasteiger partial charge in [0.15, 0.2) is 11.5 Å². The van der Waals surface area contributed by atoms with Gasteiger partial charge in [-0.3, -0.25) is 0 Å². The van der Waals surface area contributed by atoms with E-state index in [1.54, 1.807) is 12.1 Å². The van der Waals surface area contributed by atoms with Gasteiger partial charge in [0.2, 0.25) is 0 Å². The Morgan fingerprint density at radius 2 is 2.33 bits per heavy atom. The standard InChI is InChI=1S/C17H19NO3/c1-2-11(19)16-17-6-9-7-18-10(13(9)17)5-8-3-4-12(20)15(21-16)14(8)17/h2-4,9-11,13,16,18-20H,1,5-7H2/t9?,10-,11+,13?,16+,17+/m1/s1. The van der Waals surface area contributed by atoms with Crippen LogP contribution >= 0.6 is 0 Å². The average Bonchev–Trinajstić information content (AvgIpc) is 3.00. The van der Waals surface area contributed by atoms with Gasteiger partial charge >= 0.3 is 0 Å². The molecule has 0 radical (unpaired) electrons. The molecule has 1 aromatic rings. The highest BCUT2D eigenvalue weighted by atomic mass is 16.5. The molecule has 2 aliphatic carbocycles. The molecule has 3 N–H and O–H groups in total. The maximum atomic E-state index is 10.4. The molecule has 2 fully saturated rings. The Labute approximate surface area is 123 Å². The van der Waals surface area contributed by atoms with E-state index in [9.17, 15) is 10.2 Å². The van der Waals surface area contributed by atoms with Crippen LogP contribution in [0.15, 0.2) is 24.8 Å². The number of aliphatic hydroxyl groups excluding tert-OH is 1. The Balaban J connectivity index is 1.76. The number of hydrogen-bond donors (Lipinski definition) is 3. The van der Waals surface area contributed by atoms with Crippen LogP contribution in [0.1, 0.15) is 17.5 Å². The van der Waals surface area contributed by atoms with Gasteiger partial charge in [-0.25, -0.2) is 0 Å². The largest absolute Gasteiger partial charge is 0.504 e. The van der Waals surface area contributed by atoms with Crippen molar-refractivity contribution in [2.24, 2.45) is 11.8 Å². The summed E-state index contributed by atoms with van der Waals surface area (Å²) in [5, 5.41) is 24.2. The Bertz CT molecular complexity index is 658. The second-order valence-electron chi connectivity index (χ2n) is 6.96. The number of phenols is 1.